The van der Waals surface area contributed by atoms with E-state index in [2.05, 4.69) is 41.5 Å². The lowest BCUT2D eigenvalue weighted by molar-refractivity contribution is -0.384. The van der Waals surface area contributed by atoms with Crippen LogP contribution in [0.3, 0.4) is 0 Å². The molecule has 3 aromatic rings. The summed E-state index contributed by atoms with van der Waals surface area (Å²) in [7, 11) is 0. The fraction of sp³-hybridized carbons (Fsp3) is 0.280. The van der Waals surface area contributed by atoms with E-state index in [4.69, 9.17) is 0 Å². The summed E-state index contributed by atoms with van der Waals surface area (Å²) in [5.41, 5.74) is 5.92. The maximum Gasteiger partial charge on any atom is 0.270 e. The lowest BCUT2D eigenvalue weighted by Crippen LogP contribution is -2.33. The van der Waals surface area contributed by atoms with Crippen molar-refractivity contribution in [2.45, 2.75) is 39.5 Å². The van der Waals surface area contributed by atoms with Gasteiger partial charge in [-0.05, 0) is 24.3 Å². The number of nitro groups is 1. The van der Waals surface area contributed by atoms with E-state index in [1.165, 1.54) is 12.1 Å². The highest BCUT2D eigenvalue weighted by atomic mass is 16.6. The van der Waals surface area contributed by atoms with Gasteiger partial charge in [-0.25, -0.2) is 0 Å². The molecule has 2 heterocycles. The van der Waals surface area contributed by atoms with Crippen molar-refractivity contribution >= 4 is 17.3 Å². The number of aromatic amines is 1. The number of non-ortho nitro benzene ring substituents is 1. The molecule has 0 bridgehead atoms. The topological polar surface area (TPSA) is 101 Å². The number of aryl methyl sites for hydroxylation is 1. The van der Waals surface area contributed by atoms with Gasteiger partial charge in [0.1, 0.15) is 0 Å². The third-order valence-corrected chi connectivity index (χ3v) is 6.33. The van der Waals surface area contributed by atoms with E-state index in [0.717, 1.165) is 34.4 Å². The molecule has 1 aliphatic carbocycles. The van der Waals surface area contributed by atoms with Crippen LogP contribution in [0.4, 0.5) is 11.5 Å². The number of carbonyl (C=O) groups excluding carboxylic acids is 1. The van der Waals surface area contributed by atoms with Crippen LogP contribution in [-0.2, 0) is 4.79 Å². The number of hydrogen-bond donors (Lipinski definition) is 2. The second-order valence-corrected chi connectivity index (χ2v) is 9.47. The van der Waals surface area contributed by atoms with Crippen molar-refractivity contribution < 1.29 is 9.72 Å². The van der Waals surface area contributed by atoms with Crippen LogP contribution in [0.2, 0.25) is 0 Å². The standard InChI is InChI=1S/C25H24N4O3/c1-14-7-9-15(10-8-14)20-21-18(12-25(2,3)13-19(21)30)26-24-22(20)23(27-28-24)16-5-4-6-17(11-16)29(31)32/h4-11,20H,12-13H2,1-3H3,(H2,26,27,28)/t20-/m0/s1. The normalized spacial score (nSPS) is 19.2. The molecule has 2 N–H and O–H groups in total. The van der Waals surface area contributed by atoms with Crippen molar-refractivity contribution in [2.75, 3.05) is 5.32 Å². The molecule has 1 aromatic heterocycles. The second-order valence-electron chi connectivity index (χ2n) is 9.47. The third kappa shape index (κ3) is 3.30. The molecular weight excluding hydrogens is 404 g/mol. The van der Waals surface area contributed by atoms with Crippen LogP contribution in [0, 0.1) is 22.5 Å². The number of benzene rings is 2. The van der Waals surface area contributed by atoms with Gasteiger partial charge in [-0.3, -0.25) is 20.0 Å². The van der Waals surface area contributed by atoms with Crippen LogP contribution in [-0.4, -0.2) is 20.9 Å². The highest BCUT2D eigenvalue weighted by Crippen LogP contribution is 2.51. The Morgan fingerprint density at radius 1 is 1.12 bits per heavy atom. The molecule has 2 aliphatic rings. The van der Waals surface area contributed by atoms with Crippen molar-refractivity contribution in [1.29, 1.82) is 0 Å². The van der Waals surface area contributed by atoms with E-state index in [1.54, 1.807) is 6.07 Å². The number of H-pyrrole nitrogens is 1. The Morgan fingerprint density at radius 2 is 1.88 bits per heavy atom. The van der Waals surface area contributed by atoms with Crippen LogP contribution >= 0.6 is 0 Å². The number of hydrogen-bond acceptors (Lipinski definition) is 5. The number of anilines is 1. The van der Waals surface area contributed by atoms with Gasteiger partial charge in [0.05, 0.1) is 10.6 Å². The smallest absolute Gasteiger partial charge is 0.270 e. The van der Waals surface area contributed by atoms with Gasteiger partial charge in [0.2, 0.25) is 0 Å². The molecule has 7 heteroatoms. The molecule has 7 nitrogen and oxygen atoms in total. The summed E-state index contributed by atoms with van der Waals surface area (Å²) in [6, 6.07) is 14.7. The first-order valence-corrected chi connectivity index (χ1v) is 10.7. The fourth-order valence-corrected chi connectivity index (χ4v) is 4.88. The predicted molar refractivity (Wildman–Crippen MR) is 122 cm³/mol. The number of nitrogens with one attached hydrogen (secondary N) is 2. The second kappa shape index (κ2) is 7.15. The average Bonchev–Trinajstić information content (AvgIpc) is 3.15. The minimum atomic E-state index is -0.407. The molecule has 1 aliphatic heterocycles. The van der Waals surface area contributed by atoms with Crippen LogP contribution < -0.4 is 5.32 Å². The largest absolute Gasteiger partial charge is 0.342 e. The first-order chi connectivity index (χ1) is 15.2. The number of Topliss-reactive ketones (excluding diaryl/α,β-unsaturated/α-hetero) is 1. The van der Waals surface area contributed by atoms with Crippen LogP contribution in [0.5, 0.6) is 0 Å². The average molecular weight is 428 g/mol. The number of ketones is 1. The van der Waals surface area contributed by atoms with Crippen LogP contribution in [0.1, 0.15) is 49.3 Å². The molecule has 0 spiro atoms. The zero-order valence-corrected chi connectivity index (χ0v) is 18.2. The molecule has 162 valence electrons. The molecule has 32 heavy (non-hydrogen) atoms. The van der Waals surface area contributed by atoms with Gasteiger partial charge in [0, 0.05) is 46.9 Å². The number of nitro benzene ring substituents is 1. The summed E-state index contributed by atoms with van der Waals surface area (Å²) in [5, 5.41) is 22.3. The number of fused-ring (bicyclic) bond motifs is 1. The zero-order valence-electron chi connectivity index (χ0n) is 18.2. The Labute approximate surface area is 185 Å². The monoisotopic (exact) mass is 428 g/mol. The highest BCUT2D eigenvalue weighted by Gasteiger charge is 2.42. The number of nitrogens with zero attached hydrogens (tertiary/aromatic N) is 2. The minimum Gasteiger partial charge on any atom is -0.342 e. The lowest BCUT2D eigenvalue weighted by atomic mass is 9.69. The van der Waals surface area contributed by atoms with Gasteiger partial charge in [-0.15, -0.1) is 0 Å². The van der Waals surface area contributed by atoms with E-state index in [9.17, 15) is 14.9 Å². The summed E-state index contributed by atoms with van der Waals surface area (Å²) in [5.74, 6) is 0.506. The van der Waals surface area contributed by atoms with Gasteiger partial charge in [0.25, 0.3) is 5.69 Å². The fourth-order valence-electron chi connectivity index (χ4n) is 4.88. The highest BCUT2D eigenvalue weighted by molar-refractivity contribution is 6.02. The van der Waals surface area contributed by atoms with Crippen molar-refractivity contribution in [3.8, 4) is 11.3 Å². The Bertz CT molecular complexity index is 1280. The van der Waals surface area contributed by atoms with Crippen molar-refractivity contribution in [2.24, 2.45) is 5.41 Å². The Hall–Kier alpha value is -3.74. The van der Waals surface area contributed by atoms with Crippen molar-refractivity contribution in [3.63, 3.8) is 0 Å². The SMILES string of the molecule is Cc1ccc([C@H]2C3=C(CC(C)(C)CC3=O)Nc3n[nH]c(-c4cccc([N+](=O)[O-])c4)c32)cc1. The third-order valence-electron chi connectivity index (χ3n) is 6.33. The molecule has 0 unspecified atom stereocenters. The molecule has 0 radical (unpaired) electrons. The van der Waals surface area contributed by atoms with Gasteiger partial charge < -0.3 is 5.32 Å². The summed E-state index contributed by atoms with van der Waals surface area (Å²) in [6.45, 7) is 6.24. The minimum absolute atomic E-state index is 0.0110. The molecule has 0 amide bonds. The zero-order chi connectivity index (χ0) is 22.6. The van der Waals surface area contributed by atoms with Crippen LogP contribution in [0.25, 0.3) is 11.3 Å². The molecular formula is C25H24N4O3. The first kappa shape index (κ1) is 20.2. The molecule has 0 fully saturated rings. The molecule has 0 saturated carbocycles. The van der Waals surface area contributed by atoms with E-state index < -0.39 is 4.92 Å². The van der Waals surface area contributed by atoms with Gasteiger partial charge >= 0.3 is 0 Å². The maximum atomic E-state index is 13.4. The van der Waals surface area contributed by atoms with Crippen molar-refractivity contribution in [1.82, 2.24) is 10.2 Å². The summed E-state index contributed by atoms with van der Waals surface area (Å²) < 4.78 is 0. The molecule has 2 aromatic carbocycles. The summed E-state index contributed by atoms with van der Waals surface area (Å²) in [6.07, 6.45) is 1.24. The van der Waals surface area contributed by atoms with E-state index in [0.29, 0.717) is 23.5 Å². The molecule has 1 atom stereocenters. The summed E-state index contributed by atoms with van der Waals surface area (Å²) >= 11 is 0. The van der Waals surface area contributed by atoms with Gasteiger partial charge in [-0.2, -0.15) is 5.10 Å². The van der Waals surface area contributed by atoms with E-state index in [-0.39, 0.29) is 22.8 Å². The number of allylic oxidation sites excluding steroid dienone is 2. The number of aromatic nitrogens is 2. The quantitative estimate of drug-likeness (QED) is 0.424. The Morgan fingerprint density at radius 3 is 2.59 bits per heavy atom. The Balaban J connectivity index is 1.73. The lowest BCUT2D eigenvalue weighted by Gasteiger charge is -2.38. The predicted octanol–water partition coefficient (Wildman–Crippen LogP) is 5.49. The van der Waals surface area contributed by atoms with Gasteiger partial charge in [-0.1, -0.05) is 55.8 Å². The van der Waals surface area contributed by atoms with Crippen LogP contribution in [0.15, 0.2) is 59.8 Å². The molecule has 0 saturated heterocycles. The Kier molecular flexibility index (Phi) is 4.51. The first-order valence-electron chi connectivity index (χ1n) is 10.7. The maximum absolute atomic E-state index is 13.4. The number of carbonyl (C=O) groups is 1. The van der Waals surface area contributed by atoms with Crippen molar-refractivity contribution in [3.05, 3.63) is 86.6 Å². The van der Waals surface area contributed by atoms with Gasteiger partial charge in [0.15, 0.2) is 11.6 Å². The van der Waals surface area contributed by atoms with E-state index >= 15 is 0 Å². The molecule has 5 rings (SSSR count). The number of rotatable bonds is 3. The summed E-state index contributed by atoms with van der Waals surface area (Å²) in [4.78, 5) is 24.3. The van der Waals surface area contributed by atoms with E-state index in [1.807, 2.05) is 25.1 Å².